The first-order valence-electron chi connectivity index (χ1n) is 13.8. The molecule has 1 unspecified atom stereocenters. The summed E-state index contributed by atoms with van der Waals surface area (Å²) in [5.41, 5.74) is 0.401. The topological polar surface area (TPSA) is 102 Å². The van der Waals surface area contributed by atoms with Crippen LogP contribution >= 0.6 is 0 Å². The van der Waals surface area contributed by atoms with Crippen molar-refractivity contribution in [1.82, 2.24) is 20.6 Å². The molecular formula is C28H36FN7O2. The van der Waals surface area contributed by atoms with E-state index in [2.05, 4.69) is 41.7 Å². The average molecular weight is 522 g/mol. The molecule has 2 amide bonds. The number of anilines is 4. The first-order valence-corrected chi connectivity index (χ1v) is 13.8. The van der Waals surface area contributed by atoms with Gasteiger partial charge in [-0.3, -0.25) is 14.5 Å². The Bertz CT molecular complexity index is 1270. The van der Waals surface area contributed by atoms with Crippen molar-refractivity contribution in [1.29, 1.82) is 0 Å². The highest BCUT2D eigenvalue weighted by molar-refractivity contribution is 6.15. The zero-order valence-corrected chi connectivity index (χ0v) is 22.3. The number of piperazine rings is 1. The zero-order chi connectivity index (χ0) is 26.7. The van der Waals surface area contributed by atoms with Crippen molar-refractivity contribution >= 4 is 35.0 Å². The van der Waals surface area contributed by atoms with Crippen molar-refractivity contribution in [3.05, 3.63) is 35.8 Å². The molecule has 38 heavy (non-hydrogen) atoms. The van der Waals surface area contributed by atoms with Crippen LogP contribution < -0.4 is 25.8 Å². The maximum Gasteiger partial charge on any atom is 0.244 e. The minimum absolute atomic E-state index is 0.156. The van der Waals surface area contributed by atoms with Gasteiger partial charge in [-0.1, -0.05) is 20.8 Å². The van der Waals surface area contributed by atoms with Gasteiger partial charge in [0, 0.05) is 56.6 Å². The first kappa shape index (κ1) is 25.0. The Kier molecular flexibility index (Phi) is 6.05. The lowest BCUT2D eigenvalue weighted by Gasteiger charge is -2.59. The summed E-state index contributed by atoms with van der Waals surface area (Å²) in [5.74, 6) is 0.660. The monoisotopic (exact) mass is 521 g/mol. The highest BCUT2D eigenvalue weighted by Gasteiger charge is 2.62. The molecule has 1 aromatic carbocycles. The number of benzene rings is 1. The van der Waals surface area contributed by atoms with Gasteiger partial charge in [0.25, 0.3) is 0 Å². The number of carbonyl (C=O) groups excluding carboxylic acids is 2. The molecule has 0 radical (unpaired) electrons. The van der Waals surface area contributed by atoms with Crippen molar-refractivity contribution in [2.24, 2.45) is 17.3 Å². The lowest BCUT2D eigenvalue weighted by molar-refractivity contribution is -0.142. The minimum Gasteiger partial charge on any atom is -0.367 e. The summed E-state index contributed by atoms with van der Waals surface area (Å²) < 4.78 is 15.0. The fourth-order valence-corrected chi connectivity index (χ4v) is 6.97. The van der Waals surface area contributed by atoms with Crippen LogP contribution in [0, 0.1) is 23.1 Å². The Morgan fingerprint density at radius 3 is 2.55 bits per heavy atom. The van der Waals surface area contributed by atoms with E-state index in [0.29, 0.717) is 42.5 Å². The van der Waals surface area contributed by atoms with Crippen LogP contribution in [0.2, 0.25) is 0 Å². The first-order chi connectivity index (χ1) is 18.3. The van der Waals surface area contributed by atoms with Gasteiger partial charge >= 0.3 is 0 Å². The quantitative estimate of drug-likeness (QED) is 0.520. The predicted molar refractivity (Wildman–Crippen MR) is 144 cm³/mol. The highest BCUT2D eigenvalue weighted by atomic mass is 19.1. The number of nitrogens with one attached hydrogen (secondary N) is 3. The smallest absolute Gasteiger partial charge is 0.244 e. The number of hydrogen-bond acceptors (Lipinski definition) is 7. The Morgan fingerprint density at radius 2 is 1.95 bits per heavy atom. The number of halogens is 1. The van der Waals surface area contributed by atoms with Gasteiger partial charge in [0.05, 0.1) is 11.2 Å². The molecule has 0 bridgehead atoms. The number of aromatic nitrogens is 2. The SMILES string of the molecule is CC(C)C1(N2C(=O)[C@@]3(CCNC3=O)Cc3cnc(Nc4ccc(N5CCNCC5)c(F)c4)nc32)CC[C@H]1C. The number of nitrogens with zero attached hydrogens (tertiary/aromatic N) is 4. The highest BCUT2D eigenvalue weighted by Crippen LogP contribution is 2.54. The Labute approximate surface area is 222 Å². The molecule has 1 saturated carbocycles. The molecule has 2 saturated heterocycles. The van der Waals surface area contributed by atoms with Gasteiger partial charge in [0.15, 0.2) is 0 Å². The van der Waals surface area contributed by atoms with Crippen LogP contribution in [-0.4, -0.2) is 60.0 Å². The van der Waals surface area contributed by atoms with Crippen molar-refractivity contribution in [2.45, 2.75) is 52.0 Å². The molecule has 1 aliphatic carbocycles. The third kappa shape index (κ3) is 3.67. The van der Waals surface area contributed by atoms with Crippen LogP contribution in [0.5, 0.6) is 0 Å². The fourth-order valence-electron chi connectivity index (χ4n) is 6.97. The van der Waals surface area contributed by atoms with E-state index in [-0.39, 0.29) is 29.5 Å². The zero-order valence-electron chi connectivity index (χ0n) is 22.3. The van der Waals surface area contributed by atoms with Crippen LogP contribution in [-0.2, 0) is 16.0 Å². The molecule has 10 heteroatoms. The van der Waals surface area contributed by atoms with E-state index in [4.69, 9.17) is 4.98 Å². The van der Waals surface area contributed by atoms with Gasteiger partial charge in [-0.15, -0.1) is 0 Å². The molecule has 3 atom stereocenters. The molecule has 3 fully saturated rings. The van der Waals surface area contributed by atoms with Crippen molar-refractivity contribution < 1.29 is 14.0 Å². The third-order valence-corrected chi connectivity index (χ3v) is 9.34. The summed E-state index contributed by atoms with van der Waals surface area (Å²) in [6, 6.07) is 5.07. The van der Waals surface area contributed by atoms with Gasteiger partial charge in [-0.2, -0.15) is 4.98 Å². The van der Waals surface area contributed by atoms with Crippen molar-refractivity contribution in [3.63, 3.8) is 0 Å². The van der Waals surface area contributed by atoms with Crippen LogP contribution in [0.3, 0.4) is 0 Å². The largest absolute Gasteiger partial charge is 0.367 e. The number of hydrogen-bond donors (Lipinski definition) is 3. The van der Waals surface area contributed by atoms with Crippen LogP contribution in [0.1, 0.15) is 45.6 Å². The van der Waals surface area contributed by atoms with Gasteiger partial charge < -0.3 is 20.9 Å². The summed E-state index contributed by atoms with van der Waals surface area (Å²) in [4.78, 5) is 40.5. The maximum absolute atomic E-state index is 15.0. The van der Waals surface area contributed by atoms with E-state index in [1.54, 1.807) is 12.3 Å². The standard InChI is InChI=1S/C28H36FN7O2/c1-17(2)28(7-6-18(28)3)36-23-19(15-27(25(36)38)8-9-31-24(27)37)16-32-26(34-23)33-20-4-5-22(21(29)14-20)35-12-10-30-11-13-35/h4-5,14,16-18,30H,6-13,15H2,1-3H3,(H,31,37)(H,32,33,34)/t18-,27+,28?/m1/s1. The fraction of sp³-hybridized carbons (Fsp3) is 0.571. The normalized spacial score (nSPS) is 28.9. The molecule has 3 aliphatic heterocycles. The van der Waals surface area contributed by atoms with Gasteiger partial charge in [0.1, 0.15) is 17.1 Å². The summed E-state index contributed by atoms with van der Waals surface area (Å²) in [5, 5.41) is 9.32. The van der Waals surface area contributed by atoms with E-state index in [1.165, 1.54) is 6.07 Å². The van der Waals surface area contributed by atoms with Crippen LogP contribution in [0.25, 0.3) is 0 Å². The minimum atomic E-state index is -1.11. The second-order valence-electron chi connectivity index (χ2n) is 11.6. The summed E-state index contributed by atoms with van der Waals surface area (Å²) in [7, 11) is 0. The van der Waals surface area contributed by atoms with Crippen molar-refractivity contribution in [3.8, 4) is 0 Å². The van der Waals surface area contributed by atoms with E-state index >= 15 is 4.39 Å². The summed E-state index contributed by atoms with van der Waals surface area (Å²) >= 11 is 0. The Balaban J connectivity index is 1.36. The van der Waals surface area contributed by atoms with Gasteiger partial charge in [-0.05, 0) is 49.3 Å². The van der Waals surface area contributed by atoms with E-state index in [9.17, 15) is 9.59 Å². The molecule has 202 valence electrons. The Hall–Kier alpha value is -3.27. The molecule has 4 aliphatic rings. The number of carbonyl (C=O) groups is 2. The lowest BCUT2D eigenvalue weighted by Crippen LogP contribution is -2.69. The number of fused-ring (bicyclic) bond motifs is 1. The predicted octanol–water partition coefficient (Wildman–Crippen LogP) is 2.99. The van der Waals surface area contributed by atoms with E-state index in [1.807, 2.05) is 15.9 Å². The molecule has 9 nitrogen and oxygen atoms in total. The maximum atomic E-state index is 15.0. The number of amides is 2. The molecule has 1 spiro atoms. The molecular weight excluding hydrogens is 485 g/mol. The Morgan fingerprint density at radius 1 is 1.16 bits per heavy atom. The molecule has 3 N–H and O–H groups in total. The van der Waals surface area contributed by atoms with Gasteiger partial charge in [-0.25, -0.2) is 9.37 Å². The lowest BCUT2D eigenvalue weighted by atomic mass is 9.59. The molecule has 4 heterocycles. The second kappa shape index (κ2) is 9.18. The van der Waals surface area contributed by atoms with Gasteiger partial charge in [0.2, 0.25) is 17.8 Å². The molecule has 6 rings (SSSR count). The third-order valence-electron chi connectivity index (χ3n) is 9.34. The summed E-state index contributed by atoms with van der Waals surface area (Å²) in [6.07, 6.45) is 4.37. The van der Waals surface area contributed by atoms with Crippen LogP contribution in [0.4, 0.5) is 27.5 Å². The summed E-state index contributed by atoms with van der Waals surface area (Å²) in [6.45, 7) is 10.1. The van der Waals surface area contributed by atoms with Crippen LogP contribution in [0.15, 0.2) is 24.4 Å². The second-order valence-corrected chi connectivity index (χ2v) is 11.6. The average Bonchev–Trinajstić information content (AvgIpc) is 3.26. The number of rotatable bonds is 5. The molecule has 2 aromatic rings. The van der Waals surface area contributed by atoms with E-state index in [0.717, 1.165) is 44.6 Å². The van der Waals surface area contributed by atoms with E-state index < -0.39 is 11.0 Å². The van der Waals surface area contributed by atoms with Crippen molar-refractivity contribution in [2.75, 3.05) is 47.8 Å². The molecule has 1 aromatic heterocycles.